The molecule has 1 saturated heterocycles. The maximum absolute atomic E-state index is 11.5. The monoisotopic (exact) mass is 170 g/mol. The number of carbonyl (C=O) groups excluding carboxylic acids is 1. The number of amides is 1. The van der Waals surface area contributed by atoms with Gasteiger partial charge in [-0.05, 0) is 12.8 Å². The predicted molar refractivity (Wildman–Crippen MR) is 49.7 cm³/mol. The van der Waals surface area contributed by atoms with E-state index in [2.05, 4.69) is 14.0 Å². The van der Waals surface area contributed by atoms with Crippen molar-refractivity contribution in [2.75, 3.05) is 20.1 Å². The van der Waals surface area contributed by atoms with Gasteiger partial charge in [-0.15, -0.1) is 0 Å². The van der Waals surface area contributed by atoms with Crippen molar-refractivity contribution in [3.63, 3.8) is 0 Å². The molecule has 1 aliphatic rings. The fourth-order valence-corrected chi connectivity index (χ4v) is 1.92. The summed E-state index contributed by atoms with van der Waals surface area (Å²) in [4.78, 5) is 11.5. The zero-order valence-corrected chi connectivity index (χ0v) is 8.31. The van der Waals surface area contributed by atoms with Gasteiger partial charge >= 0.3 is 5.91 Å². The summed E-state index contributed by atoms with van der Waals surface area (Å²) in [6.45, 7) is 4.33. The summed E-state index contributed by atoms with van der Waals surface area (Å²) in [5.41, 5.74) is 0. The molecule has 1 atom stereocenters. The average Bonchev–Trinajstić information content (AvgIpc) is 2.34. The van der Waals surface area contributed by atoms with Crippen LogP contribution >= 0.6 is 0 Å². The van der Waals surface area contributed by atoms with Gasteiger partial charge in [-0.3, -0.25) is 4.48 Å². The van der Waals surface area contributed by atoms with Crippen molar-refractivity contribution in [3.8, 4) is 0 Å². The molecule has 1 rings (SSSR count). The van der Waals surface area contributed by atoms with E-state index in [1.54, 1.807) is 0 Å². The lowest BCUT2D eigenvalue weighted by Gasteiger charge is -2.25. The molecular formula is C10H20NO+. The van der Waals surface area contributed by atoms with Crippen molar-refractivity contribution in [1.29, 1.82) is 0 Å². The molecule has 1 amide bonds. The Morgan fingerprint density at radius 2 is 2.17 bits per heavy atom. The van der Waals surface area contributed by atoms with Crippen LogP contribution in [-0.4, -0.2) is 30.5 Å². The van der Waals surface area contributed by atoms with Crippen LogP contribution in [0.5, 0.6) is 0 Å². The Bertz CT molecular complexity index is 167. The van der Waals surface area contributed by atoms with Crippen LogP contribution in [0.3, 0.4) is 0 Å². The normalized spacial score (nSPS) is 29.7. The Labute approximate surface area is 75.1 Å². The highest BCUT2D eigenvalue weighted by molar-refractivity contribution is 5.70. The first-order valence-electron chi connectivity index (χ1n) is 5.07. The quantitative estimate of drug-likeness (QED) is 0.465. The standard InChI is InChI=1S/C10H20NO/c1-3-4-5-8-11(2)9-6-7-10(11)12/h3-9H2,1-2H3/q+1. The molecule has 1 aliphatic heterocycles. The van der Waals surface area contributed by atoms with Gasteiger partial charge in [0, 0.05) is 6.42 Å². The maximum Gasteiger partial charge on any atom is 0.313 e. The highest BCUT2D eigenvalue weighted by atomic mass is 16.2. The number of hydrogen-bond donors (Lipinski definition) is 0. The zero-order chi connectivity index (χ0) is 9.03. The molecule has 0 aromatic heterocycles. The second-order valence-electron chi connectivity index (χ2n) is 4.05. The Balaban J connectivity index is 2.33. The molecule has 0 aromatic rings. The molecule has 1 unspecified atom stereocenters. The van der Waals surface area contributed by atoms with Crippen LogP contribution in [0, 0.1) is 0 Å². The van der Waals surface area contributed by atoms with E-state index in [9.17, 15) is 4.79 Å². The second kappa shape index (κ2) is 4.04. The van der Waals surface area contributed by atoms with Crippen molar-refractivity contribution in [1.82, 2.24) is 0 Å². The van der Waals surface area contributed by atoms with Gasteiger partial charge < -0.3 is 0 Å². The summed E-state index contributed by atoms with van der Waals surface area (Å²) in [7, 11) is 2.09. The highest BCUT2D eigenvalue weighted by Gasteiger charge is 2.35. The van der Waals surface area contributed by atoms with Gasteiger partial charge in [0.15, 0.2) is 0 Å². The van der Waals surface area contributed by atoms with E-state index < -0.39 is 0 Å². The Morgan fingerprint density at radius 3 is 2.67 bits per heavy atom. The number of carbonyl (C=O) groups is 1. The molecule has 2 heteroatoms. The number of rotatable bonds is 4. The molecule has 70 valence electrons. The lowest BCUT2D eigenvalue weighted by atomic mass is 10.2. The predicted octanol–water partition coefficient (Wildman–Crippen LogP) is 1.94. The molecule has 0 bridgehead atoms. The molecule has 12 heavy (non-hydrogen) atoms. The molecular weight excluding hydrogens is 150 g/mol. The van der Waals surface area contributed by atoms with E-state index in [4.69, 9.17) is 0 Å². The first-order valence-corrected chi connectivity index (χ1v) is 5.07. The Kier molecular flexibility index (Phi) is 3.27. The van der Waals surface area contributed by atoms with Crippen molar-refractivity contribution < 1.29 is 9.28 Å². The van der Waals surface area contributed by atoms with Crippen LogP contribution in [0.4, 0.5) is 0 Å². The molecule has 0 aromatic carbocycles. The third-order valence-corrected chi connectivity index (χ3v) is 2.90. The molecule has 0 saturated carbocycles. The number of unbranched alkanes of at least 4 members (excludes halogenated alkanes) is 2. The van der Waals surface area contributed by atoms with E-state index in [0.29, 0.717) is 10.4 Å². The SMILES string of the molecule is CCCCC[N+]1(C)CCCC1=O. The summed E-state index contributed by atoms with van der Waals surface area (Å²) in [6, 6.07) is 0. The number of nitrogens with zero attached hydrogens (tertiary/aromatic N) is 1. The Hall–Kier alpha value is -0.370. The summed E-state index contributed by atoms with van der Waals surface area (Å²) >= 11 is 0. The minimum atomic E-state index is 0.450. The van der Waals surface area contributed by atoms with Gasteiger partial charge in [0.05, 0.1) is 26.6 Å². The maximum atomic E-state index is 11.5. The fraction of sp³-hybridized carbons (Fsp3) is 0.900. The third kappa shape index (κ3) is 2.07. The lowest BCUT2D eigenvalue weighted by Crippen LogP contribution is -2.45. The summed E-state index contributed by atoms with van der Waals surface area (Å²) in [6.07, 6.45) is 5.62. The van der Waals surface area contributed by atoms with Crippen molar-refractivity contribution >= 4 is 5.91 Å². The fourth-order valence-electron chi connectivity index (χ4n) is 1.92. The molecule has 0 N–H and O–H groups in total. The Morgan fingerprint density at radius 1 is 1.42 bits per heavy atom. The van der Waals surface area contributed by atoms with Crippen LogP contribution < -0.4 is 0 Å². The van der Waals surface area contributed by atoms with Crippen LogP contribution in [0.2, 0.25) is 0 Å². The highest BCUT2D eigenvalue weighted by Crippen LogP contribution is 2.19. The largest absolute Gasteiger partial charge is 0.313 e. The van der Waals surface area contributed by atoms with Gasteiger partial charge in [-0.25, -0.2) is 4.79 Å². The minimum absolute atomic E-state index is 0.450. The number of quaternary nitrogens is 1. The third-order valence-electron chi connectivity index (χ3n) is 2.90. The number of likely N-dealkylation sites (tertiary alicyclic amines) is 1. The van der Waals surface area contributed by atoms with Gasteiger partial charge in [0.25, 0.3) is 0 Å². The van der Waals surface area contributed by atoms with E-state index in [1.165, 1.54) is 19.3 Å². The molecule has 2 nitrogen and oxygen atoms in total. The first kappa shape index (κ1) is 9.72. The average molecular weight is 170 g/mol. The van der Waals surface area contributed by atoms with E-state index in [0.717, 1.165) is 25.9 Å². The molecule has 1 heterocycles. The van der Waals surface area contributed by atoms with E-state index in [1.807, 2.05) is 0 Å². The van der Waals surface area contributed by atoms with Crippen LogP contribution in [-0.2, 0) is 4.79 Å². The zero-order valence-electron chi connectivity index (χ0n) is 8.31. The van der Waals surface area contributed by atoms with Crippen LogP contribution in [0.15, 0.2) is 0 Å². The molecule has 0 radical (unpaired) electrons. The van der Waals surface area contributed by atoms with E-state index in [-0.39, 0.29) is 0 Å². The van der Waals surface area contributed by atoms with E-state index >= 15 is 0 Å². The second-order valence-corrected chi connectivity index (χ2v) is 4.05. The lowest BCUT2D eigenvalue weighted by molar-refractivity contribution is -0.826. The topological polar surface area (TPSA) is 17.1 Å². The van der Waals surface area contributed by atoms with Crippen LogP contribution in [0.1, 0.15) is 39.0 Å². The van der Waals surface area contributed by atoms with Crippen LogP contribution in [0.25, 0.3) is 0 Å². The summed E-state index contributed by atoms with van der Waals surface area (Å²) in [5.74, 6) is 0.450. The van der Waals surface area contributed by atoms with Gasteiger partial charge in [0.2, 0.25) is 0 Å². The van der Waals surface area contributed by atoms with Gasteiger partial charge in [-0.1, -0.05) is 13.3 Å². The number of hydrogen-bond acceptors (Lipinski definition) is 1. The summed E-state index contributed by atoms with van der Waals surface area (Å²) in [5, 5.41) is 0. The van der Waals surface area contributed by atoms with Gasteiger partial charge in [0.1, 0.15) is 0 Å². The van der Waals surface area contributed by atoms with Crippen molar-refractivity contribution in [2.24, 2.45) is 0 Å². The molecule has 1 fully saturated rings. The molecule has 0 aliphatic carbocycles. The smallest absolute Gasteiger partial charge is 0.263 e. The van der Waals surface area contributed by atoms with Crippen molar-refractivity contribution in [3.05, 3.63) is 0 Å². The minimum Gasteiger partial charge on any atom is -0.263 e. The summed E-state index contributed by atoms with van der Waals surface area (Å²) < 4.78 is 0.708. The van der Waals surface area contributed by atoms with Crippen molar-refractivity contribution in [2.45, 2.75) is 39.0 Å². The molecule has 0 spiro atoms. The van der Waals surface area contributed by atoms with Gasteiger partial charge in [-0.2, -0.15) is 0 Å². The first-order chi connectivity index (χ1) is 5.69.